The van der Waals surface area contributed by atoms with Crippen LogP contribution in [0.3, 0.4) is 0 Å². The molecule has 4 nitrogen and oxygen atoms in total. The molecule has 0 aliphatic carbocycles. The highest BCUT2D eigenvalue weighted by Crippen LogP contribution is 2.28. The Bertz CT molecular complexity index is 550. The van der Waals surface area contributed by atoms with Gasteiger partial charge in [0.05, 0.1) is 11.9 Å². The Balaban J connectivity index is 1.82. The molecule has 0 saturated carbocycles. The van der Waals surface area contributed by atoms with Crippen molar-refractivity contribution in [1.82, 2.24) is 20.3 Å². The van der Waals surface area contributed by atoms with E-state index in [1.54, 1.807) is 6.20 Å². The monoisotopic (exact) mass is 262 g/mol. The van der Waals surface area contributed by atoms with Crippen LogP contribution in [-0.4, -0.2) is 26.9 Å². The van der Waals surface area contributed by atoms with Crippen molar-refractivity contribution in [3.05, 3.63) is 45.7 Å². The van der Waals surface area contributed by atoms with Crippen LogP contribution < -0.4 is 0 Å². The van der Waals surface area contributed by atoms with Crippen LogP contribution in [0.25, 0.3) is 0 Å². The number of benzene rings is 1. The summed E-state index contributed by atoms with van der Waals surface area (Å²) in [5.74, 6) is 0. The number of nitrogens with zero attached hydrogens (tertiary/aromatic N) is 3. The highest BCUT2D eigenvalue weighted by atomic mass is 35.5. The standard InChI is InChI=1S/C13H15ClN4/c1-9-12-8-18(7-11-6-15-17-16-11)5-4-10(12)2-3-13(9)14/h2-3,6H,4-5,7-8H2,1H3,(H,15,16,17). The highest BCUT2D eigenvalue weighted by Gasteiger charge is 2.19. The molecule has 2 heterocycles. The number of halogens is 1. The molecule has 2 aromatic rings. The molecule has 1 aromatic carbocycles. The van der Waals surface area contributed by atoms with Gasteiger partial charge in [-0.2, -0.15) is 15.4 Å². The Morgan fingerprint density at radius 2 is 2.33 bits per heavy atom. The predicted molar refractivity (Wildman–Crippen MR) is 70.4 cm³/mol. The summed E-state index contributed by atoms with van der Waals surface area (Å²) in [7, 11) is 0. The summed E-state index contributed by atoms with van der Waals surface area (Å²) < 4.78 is 0. The molecule has 0 fully saturated rings. The molecule has 0 spiro atoms. The van der Waals surface area contributed by atoms with E-state index in [-0.39, 0.29) is 0 Å². The zero-order chi connectivity index (χ0) is 12.5. The van der Waals surface area contributed by atoms with Gasteiger partial charge in [0.25, 0.3) is 0 Å². The van der Waals surface area contributed by atoms with E-state index < -0.39 is 0 Å². The summed E-state index contributed by atoms with van der Waals surface area (Å²) in [4.78, 5) is 2.38. The fraction of sp³-hybridized carbons (Fsp3) is 0.385. The summed E-state index contributed by atoms with van der Waals surface area (Å²) in [6.07, 6.45) is 2.85. The highest BCUT2D eigenvalue weighted by molar-refractivity contribution is 6.31. The van der Waals surface area contributed by atoms with E-state index in [4.69, 9.17) is 11.6 Å². The second kappa shape index (κ2) is 4.71. The first-order valence-electron chi connectivity index (χ1n) is 6.08. The second-order valence-electron chi connectivity index (χ2n) is 4.73. The maximum absolute atomic E-state index is 6.19. The third kappa shape index (κ3) is 2.13. The van der Waals surface area contributed by atoms with Crippen LogP contribution in [0.5, 0.6) is 0 Å². The number of aromatic amines is 1. The Kier molecular flexibility index (Phi) is 3.06. The Labute approximate surface area is 111 Å². The zero-order valence-corrected chi connectivity index (χ0v) is 11.0. The summed E-state index contributed by atoms with van der Waals surface area (Å²) in [6.45, 7) is 4.93. The molecular formula is C13H15ClN4. The maximum Gasteiger partial charge on any atom is 0.0964 e. The molecule has 94 valence electrons. The van der Waals surface area contributed by atoms with Crippen LogP contribution >= 0.6 is 11.6 Å². The lowest BCUT2D eigenvalue weighted by molar-refractivity contribution is 0.242. The summed E-state index contributed by atoms with van der Waals surface area (Å²) in [5.41, 5.74) is 4.99. The van der Waals surface area contributed by atoms with Crippen LogP contribution in [0.15, 0.2) is 18.3 Å². The topological polar surface area (TPSA) is 44.8 Å². The van der Waals surface area contributed by atoms with E-state index in [0.717, 1.165) is 36.8 Å². The van der Waals surface area contributed by atoms with E-state index in [0.29, 0.717) is 0 Å². The van der Waals surface area contributed by atoms with E-state index in [2.05, 4.69) is 33.3 Å². The van der Waals surface area contributed by atoms with Gasteiger partial charge in [-0.15, -0.1) is 0 Å². The Morgan fingerprint density at radius 1 is 1.44 bits per heavy atom. The van der Waals surface area contributed by atoms with Gasteiger partial charge in [0, 0.05) is 24.7 Å². The molecule has 1 aromatic heterocycles. The quantitative estimate of drug-likeness (QED) is 0.903. The third-order valence-corrected chi connectivity index (χ3v) is 3.97. The molecule has 1 aliphatic heterocycles. The van der Waals surface area contributed by atoms with Crippen molar-refractivity contribution < 1.29 is 0 Å². The van der Waals surface area contributed by atoms with Crippen molar-refractivity contribution in [2.75, 3.05) is 6.54 Å². The minimum atomic E-state index is 0.835. The van der Waals surface area contributed by atoms with Gasteiger partial charge in [0.15, 0.2) is 0 Å². The first-order chi connectivity index (χ1) is 8.74. The molecule has 18 heavy (non-hydrogen) atoms. The number of aromatic nitrogens is 3. The van der Waals surface area contributed by atoms with E-state index >= 15 is 0 Å². The van der Waals surface area contributed by atoms with Crippen molar-refractivity contribution in [1.29, 1.82) is 0 Å². The molecule has 0 atom stereocenters. The summed E-state index contributed by atoms with van der Waals surface area (Å²) in [5, 5.41) is 11.5. The molecule has 3 rings (SSSR count). The summed E-state index contributed by atoms with van der Waals surface area (Å²) >= 11 is 6.19. The van der Waals surface area contributed by atoms with Crippen LogP contribution in [0.4, 0.5) is 0 Å². The largest absolute Gasteiger partial charge is 0.293 e. The minimum absolute atomic E-state index is 0.835. The van der Waals surface area contributed by atoms with Gasteiger partial charge in [0.2, 0.25) is 0 Å². The lowest BCUT2D eigenvalue weighted by Crippen LogP contribution is -2.30. The lowest BCUT2D eigenvalue weighted by Gasteiger charge is -2.29. The van der Waals surface area contributed by atoms with E-state index in [1.165, 1.54) is 16.7 Å². The number of fused-ring (bicyclic) bond motifs is 1. The molecule has 1 N–H and O–H groups in total. The first kappa shape index (κ1) is 11.7. The van der Waals surface area contributed by atoms with Crippen molar-refractivity contribution in [3.63, 3.8) is 0 Å². The average molecular weight is 263 g/mol. The van der Waals surface area contributed by atoms with E-state index in [9.17, 15) is 0 Å². The van der Waals surface area contributed by atoms with Gasteiger partial charge < -0.3 is 0 Å². The molecule has 0 bridgehead atoms. The SMILES string of the molecule is Cc1c(Cl)ccc2c1CN(Cc1cn[nH]n1)CC2. The number of hydrogen-bond acceptors (Lipinski definition) is 3. The van der Waals surface area contributed by atoms with Crippen molar-refractivity contribution in [3.8, 4) is 0 Å². The Hall–Kier alpha value is -1.39. The van der Waals surface area contributed by atoms with Gasteiger partial charge in [0.1, 0.15) is 0 Å². The predicted octanol–water partition coefficient (Wildman–Crippen LogP) is 2.32. The number of H-pyrrole nitrogens is 1. The first-order valence-corrected chi connectivity index (χ1v) is 6.45. The smallest absolute Gasteiger partial charge is 0.0964 e. The van der Waals surface area contributed by atoms with Crippen molar-refractivity contribution in [2.45, 2.75) is 26.4 Å². The van der Waals surface area contributed by atoms with Gasteiger partial charge >= 0.3 is 0 Å². The van der Waals surface area contributed by atoms with Crippen LogP contribution in [0.1, 0.15) is 22.4 Å². The fourth-order valence-corrected chi connectivity index (χ4v) is 2.66. The van der Waals surface area contributed by atoms with Crippen LogP contribution in [0.2, 0.25) is 5.02 Å². The van der Waals surface area contributed by atoms with Gasteiger partial charge in [-0.3, -0.25) is 4.90 Å². The molecule has 1 aliphatic rings. The zero-order valence-electron chi connectivity index (χ0n) is 10.3. The normalized spacial score (nSPS) is 15.7. The average Bonchev–Trinajstić information content (AvgIpc) is 2.87. The Morgan fingerprint density at radius 3 is 3.11 bits per heavy atom. The van der Waals surface area contributed by atoms with Crippen LogP contribution in [-0.2, 0) is 19.5 Å². The number of nitrogens with one attached hydrogen (secondary N) is 1. The molecule has 0 unspecified atom stereocenters. The molecule has 5 heteroatoms. The number of rotatable bonds is 2. The summed E-state index contributed by atoms with van der Waals surface area (Å²) in [6, 6.07) is 4.15. The van der Waals surface area contributed by atoms with Crippen LogP contribution in [0, 0.1) is 6.92 Å². The molecular weight excluding hydrogens is 248 g/mol. The minimum Gasteiger partial charge on any atom is -0.293 e. The van der Waals surface area contributed by atoms with E-state index in [1.807, 2.05) is 6.07 Å². The lowest BCUT2D eigenvalue weighted by atomic mass is 9.95. The van der Waals surface area contributed by atoms with Gasteiger partial charge in [-0.05, 0) is 36.1 Å². The fourth-order valence-electron chi connectivity index (χ4n) is 2.49. The molecule has 0 saturated heterocycles. The maximum atomic E-state index is 6.19. The van der Waals surface area contributed by atoms with Crippen molar-refractivity contribution >= 4 is 11.6 Å². The van der Waals surface area contributed by atoms with Gasteiger partial charge in [-0.1, -0.05) is 17.7 Å². The third-order valence-electron chi connectivity index (χ3n) is 3.56. The molecule has 0 amide bonds. The molecule has 0 radical (unpaired) electrons. The van der Waals surface area contributed by atoms with Gasteiger partial charge in [-0.25, -0.2) is 0 Å². The second-order valence-corrected chi connectivity index (χ2v) is 5.14. The number of hydrogen-bond donors (Lipinski definition) is 1. The van der Waals surface area contributed by atoms with Crippen molar-refractivity contribution in [2.24, 2.45) is 0 Å².